The second-order valence-corrected chi connectivity index (χ2v) is 10.1. The number of aromatic nitrogens is 1. The van der Waals surface area contributed by atoms with E-state index < -0.39 is 12.1 Å². The van der Waals surface area contributed by atoms with Gasteiger partial charge in [0.2, 0.25) is 5.89 Å². The maximum atomic E-state index is 12.0. The van der Waals surface area contributed by atoms with E-state index in [-0.39, 0.29) is 19.1 Å². The van der Waals surface area contributed by atoms with Gasteiger partial charge in [0.05, 0.1) is 25.5 Å². The van der Waals surface area contributed by atoms with Gasteiger partial charge < -0.3 is 29.1 Å². The van der Waals surface area contributed by atoms with Crippen molar-refractivity contribution < 1.29 is 33.3 Å². The number of carboxylic acid groups (broad SMARTS) is 1. The molecule has 42 heavy (non-hydrogen) atoms. The number of carboxylic acids is 1. The molecule has 9 heteroatoms. The monoisotopic (exact) mass is 572 g/mol. The lowest BCUT2D eigenvalue weighted by Crippen LogP contribution is -2.26. The molecule has 1 aromatic heterocycles. The van der Waals surface area contributed by atoms with Gasteiger partial charge >= 0.3 is 12.1 Å². The highest BCUT2D eigenvalue weighted by Gasteiger charge is 2.14. The molecule has 2 N–H and O–H groups in total. The Hall–Kier alpha value is -4.79. The van der Waals surface area contributed by atoms with Crippen molar-refractivity contribution in [2.24, 2.45) is 0 Å². The van der Waals surface area contributed by atoms with Gasteiger partial charge in [-0.05, 0) is 85.8 Å². The zero-order valence-corrected chi connectivity index (χ0v) is 24.3. The Morgan fingerprint density at radius 3 is 2.19 bits per heavy atom. The van der Waals surface area contributed by atoms with Crippen molar-refractivity contribution in [3.05, 3.63) is 89.3 Å². The van der Waals surface area contributed by atoms with Crippen LogP contribution in [0.15, 0.2) is 71.1 Å². The number of carbonyl (C=O) groups excluding carboxylic acids is 1. The second kappa shape index (κ2) is 14.2. The highest BCUT2D eigenvalue weighted by atomic mass is 16.6. The molecule has 0 saturated heterocycles. The number of carbonyl (C=O) groups is 2. The van der Waals surface area contributed by atoms with E-state index in [0.717, 1.165) is 45.0 Å². The Morgan fingerprint density at radius 1 is 0.905 bits per heavy atom. The molecular weight excluding hydrogens is 536 g/mol. The Balaban J connectivity index is 1.38. The number of oxazole rings is 1. The van der Waals surface area contributed by atoms with Crippen LogP contribution in [0.25, 0.3) is 22.6 Å². The van der Waals surface area contributed by atoms with Crippen LogP contribution in [0.4, 0.5) is 4.79 Å². The minimum Gasteiger partial charge on any atom is -0.497 e. The van der Waals surface area contributed by atoms with Gasteiger partial charge in [-0.1, -0.05) is 30.3 Å². The molecule has 1 amide bonds. The molecule has 0 unspecified atom stereocenters. The van der Waals surface area contributed by atoms with Crippen LogP contribution in [0.3, 0.4) is 0 Å². The van der Waals surface area contributed by atoms with Gasteiger partial charge in [0.15, 0.2) is 0 Å². The Kier molecular flexibility index (Phi) is 10.2. The third-order valence-electron chi connectivity index (χ3n) is 6.61. The van der Waals surface area contributed by atoms with Crippen LogP contribution < -0.4 is 14.8 Å². The van der Waals surface area contributed by atoms with E-state index in [1.165, 1.54) is 0 Å². The summed E-state index contributed by atoms with van der Waals surface area (Å²) in [6.45, 7) is 5.98. The van der Waals surface area contributed by atoms with Crippen molar-refractivity contribution in [1.82, 2.24) is 10.3 Å². The first-order valence-corrected chi connectivity index (χ1v) is 13.8. The van der Waals surface area contributed by atoms with Crippen molar-refractivity contribution in [1.29, 1.82) is 0 Å². The van der Waals surface area contributed by atoms with Crippen LogP contribution >= 0.6 is 0 Å². The molecule has 1 heterocycles. The van der Waals surface area contributed by atoms with Crippen molar-refractivity contribution in [3.8, 4) is 34.1 Å². The summed E-state index contributed by atoms with van der Waals surface area (Å²) < 4.78 is 22.3. The lowest BCUT2D eigenvalue weighted by Gasteiger charge is -2.14. The molecule has 0 bridgehead atoms. The maximum absolute atomic E-state index is 12.0. The molecule has 0 aliphatic carbocycles. The number of hydrogen-bond donors (Lipinski definition) is 2. The molecule has 0 atom stereocenters. The Morgan fingerprint density at radius 2 is 1.55 bits per heavy atom. The van der Waals surface area contributed by atoms with Crippen molar-refractivity contribution in [2.45, 2.75) is 52.7 Å². The first-order chi connectivity index (χ1) is 20.2. The van der Waals surface area contributed by atoms with Crippen molar-refractivity contribution in [3.63, 3.8) is 0 Å². The zero-order valence-electron chi connectivity index (χ0n) is 24.3. The highest BCUT2D eigenvalue weighted by Crippen LogP contribution is 2.27. The summed E-state index contributed by atoms with van der Waals surface area (Å²) in [5.74, 6) is 1.82. The van der Waals surface area contributed by atoms with E-state index in [1.54, 1.807) is 27.0 Å². The molecule has 0 aliphatic rings. The van der Waals surface area contributed by atoms with Crippen LogP contribution in [-0.2, 0) is 28.9 Å². The maximum Gasteiger partial charge on any atom is 0.407 e. The number of nitrogens with zero attached hydrogens (tertiary/aromatic N) is 1. The zero-order chi connectivity index (χ0) is 30.1. The minimum absolute atomic E-state index is 0.0123. The first kappa shape index (κ1) is 30.2. The molecular formula is C33H36N2O7. The van der Waals surface area contributed by atoms with Crippen molar-refractivity contribution in [2.75, 3.05) is 13.7 Å². The van der Waals surface area contributed by atoms with Gasteiger partial charge in [0.25, 0.3) is 0 Å². The van der Waals surface area contributed by atoms with Gasteiger partial charge in [-0.2, -0.15) is 0 Å². The first-order valence-electron chi connectivity index (χ1n) is 13.8. The molecule has 220 valence electrons. The molecule has 0 spiro atoms. The van der Waals surface area contributed by atoms with Crippen molar-refractivity contribution >= 4 is 12.1 Å². The minimum atomic E-state index is -0.885. The fourth-order valence-corrected chi connectivity index (χ4v) is 4.40. The lowest BCUT2D eigenvalue weighted by atomic mass is 10.0. The topological polar surface area (TPSA) is 120 Å². The standard InChI is InChI=1S/C33H36N2O7/c1-21(2)41-33(38)34-20-27-19-29(15-11-25(27)12-16-31(36)37)40-18-17-30-22(3)42-32(35-30)26-7-5-23(6-8-26)24-9-13-28(39-4)14-10-24/h5-11,13-15,19,21H,12,16-18,20H2,1-4H3,(H,34,38)(H,36,37). The molecule has 0 aliphatic heterocycles. The number of amides is 1. The largest absolute Gasteiger partial charge is 0.497 e. The average Bonchev–Trinajstić information content (AvgIpc) is 3.35. The molecule has 9 nitrogen and oxygen atoms in total. The summed E-state index contributed by atoms with van der Waals surface area (Å²) in [4.78, 5) is 27.8. The number of alkyl carbamates (subject to hydrolysis) is 1. The number of aliphatic carboxylic acids is 1. The van der Waals surface area contributed by atoms with Gasteiger partial charge in [-0.3, -0.25) is 4.79 Å². The quantitative estimate of drug-likeness (QED) is 0.184. The Bertz CT molecular complexity index is 1490. The Labute approximate surface area is 245 Å². The molecule has 4 rings (SSSR count). The molecule has 0 radical (unpaired) electrons. The predicted octanol–water partition coefficient (Wildman–Crippen LogP) is 6.60. The normalized spacial score (nSPS) is 10.9. The number of rotatable bonds is 13. The fourth-order valence-electron chi connectivity index (χ4n) is 4.40. The van der Waals surface area contributed by atoms with E-state index in [9.17, 15) is 9.59 Å². The molecule has 3 aromatic carbocycles. The van der Waals surface area contributed by atoms with Crippen LogP contribution in [0.5, 0.6) is 11.5 Å². The second-order valence-electron chi connectivity index (χ2n) is 10.1. The van der Waals surface area contributed by atoms with E-state index in [1.807, 2.05) is 67.6 Å². The van der Waals surface area contributed by atoms with Gasteiger partial charge in [0, 0.05) is 24.9 Å². The van der Waals surface area contributed by atoms with E-state index in [4.69, 9.17) is 28.7 Å². The molecule has 4 aromatic rings. The molecule has 0 fully saturated rings. The van der Waals surface area contributed by atoms with Gasteiger partial charge in [0.1, 0.15) is 17.3 Å². The summed E-state index contributed by atoms with van der Waals surface area (Å²) in [6.07, 6.45) is 0.0858. The van der Waals surface area contributed by atoms with Gasteiger partial charge in [-0.25, -0.2) is 9.78 Å². The lowest BCUT2D eigenvalue weighted by molar-refractivity contribution is -0.136. The summed E-state index contributed by atoms with van der Waals surface area (Å²) in [5.41, 5.74) is 5.46. The summed E-state index contributed by atoms with van der Waals surface area (Å²) in [7, 11) is 1.65. The number of ether oxygens (including phenoxy) is 3. The third-order valence-corrected chi connectivity index (χ3v) is 6.61. The number of hydrogen-bond acceptors (Lipinski definition) is 7. The number of nitrogens with one attached hydrogen (secondary N) is 1. The number of benzene rings is 3. The highest BCUT2D eigenvalue weighted by molar-refractivity contribution is 5.69. The number of methoxy groups -OCH3 is 1. The van der Waals surface area contributed by atoms with Crippen LogP contribution in [-0.4, -0.2) is 42.0 Å². The van der Waals surface area contributed by atoms with E-state index in [2.05, 4.69) is 5.32 Å². The average molecular weight is 573 g/mol. The summed E-state index contributed by atoms with van der Waals surface area (Å²) >= 11 is 0. The number of aryl methyl sites for hydroxylation is 2. The van der Waals surface area contributed by atoms with Crippen LogP contribution in [0.1, 0.15) is 42.8 Å². The van der Waals surface area contributed by atoms with Crippen LogP contribution in [0.2, 0.25) is 0 Å². The summed E-state index contributed by atoms with van der Waals surface area (Å²) in [5, 5.41) is 11.8. The third kappa shape index (κ3) is 8.36. The van der Waals surface area contributed by atoms with Crippen LogP contribution in [0, 0.1) is 6.92 Å². The fraction of sp³-hybridized carbons (Fsp3) is 0.303. The van der Waals surface area contributed by atoms with Gasteiger partial charge in [-0.15, -0.1) is 0 Å². The predicted molar refractivity (Wildman–Crippen MR) is 159 cm³/mol. The SMILES string of the molecule is COc1ccc(-c2ccc(-c3nc(CCOc4ccc(CCC(=O)O)c(CNC(=O)OC(C)C)c4)c(C)o3)cc2)cc1. The van der Waals surface area contributed by atoms with E-state index >= 15 is 0 Å². The van der Waals surface area contributed by atoms with E-state index in [0.29, 0.717) is 31.1 Å². The smallest absolute Gasteiger partial charge is 0.407 e. The molecule has 0 saturated carbocycles. The summed E-state index contributed by atoms with van der Waals surface area (Å²) in [6, 6.07) is 21.4.